The minimum absolute atomic E-state index is 0.0261. The molecule has 1 heterocycles. The number of amides is 1. The molecule has 0 fully saturated rings. The van der Waals surface area contributed by atoms with E-state index in [4.69, 9.17) is 22.1 Å². The van der Waals surface area contributed by atoms with Crippen LogP contribution in [0.5, 0.6) is 0 Å². The predicted octanol–water partition coefficient (Wildman–Crippen LogP) is 5.91. The molecule has 1 atom stereocenters. The van der Waals surface area contributed by atoms with E-state index in [0.29, 0.717) is 35.1 Å². The average Bonchev–Trinajstić information content (AvgIpc) is 2.83. The Morgan fingerprint density at radius 3 is 2.21 bits per heavy atom. The fourth-order valence-electron chi connectivity index (χ4n) is 4.51. The lowest BCUT2D eigenvalue weighted by atomic mass is 9.90. The highest BCUT2D eigenvalue weighted by atomic mass is 35.5. The number of aryl methyl sites for hydroxylation is 2. The largest absolute Gasteiger partial charge is 0.466 e. The van der Waals surface area contributed by atoms with Gasteiger partial charge in [-0.15, -0.1) is 0 Å². The van der Waals surface area contributed by atoms with Crippen LogP contribution in [-0.4, -0.2) is 34.2 Å². The van der Waals surface area contributed by atoms with Gasteiger partial charge in [-0.1, -0.05) is 61.8 Å². The van der Waals surface area contributed by atoms with Crippen LogP contribution in [0.4, 0.5) is 0 Å². The fraction of sp³-hybridized carbons (Fsp3) is 0.367. The normalized spacial score (nSPS) is 11.9. The van der Waals surface area contributed by atoms with Crippen LogP contribution in [0.15, 0.2) is 42.5 Å². The zero-order valence-electron chi connectivity index (χ0n) is 22.5. The Morgan fingerprint density at radius 1 is 0.974 bits per heavy atom. The van der Waals surface area contributed by atoms with E-state index < -0.39 is 11.8 Å². The van der Waals surface area contributed by atoms with Crippen molar-refractivity contribution in [3.63, 3.8) is 0 Å². The van der Waals surface area contributed by atoms with Crippen LogP contribution in [0.1, 0.15) is 61.1 Å². The summed E-state index contributed by atoms with van der Waals surface area (Å²) in [6.07, 6.45) is 0.953. The van der Waals surface area contributed by atoms with E-state index in [9.17, 15) is 14.4 Å². The number of benzene rings is 2. The van der Waals surface area contributed by atoms with Gasteiger partial charge < -0.3 is 10.5 Å². The van der Waals surface area contributed by atoms with Crippen LogP contribution in [0.2, 0.25) is 5.02 Å². The molecule has 1 aromatic heterocycles. The van der Waals surface area contributed by atoms with Crippen molar-refractivity contribution in [1.29, 1.82) is 0 Å². The van der Waals surface area contributed by atoms with Crippen molar-refractivity contribution in [3.8, 4) is 22.4 Å². The summed E-state index contributed by atoms with van der Waals surface area (Å²) >= 11 is 6.61. The highest BCUT2D eigenvalue weighted by Gasteiger charge is 2.24. The quantitative estimate of drug-likeness (QED) is 0.305. The summed E-state index contributed by atoms with van der Waals surface area (Å²) in [6.45, 7) is 9.65. The number of ketones is 1. The first-order valence-corrected chi connectivity index (χ1v) is 13.1. The van der Waals surface area contributed by atoms with Crippen molar-refractivity contribution in [1.82, 2.24) is 9.97 Å². The van der Waals surface area contributed by atoms with Gasteiger partial charge in [0.2, 0.25) is 0 Å². The summed E-state index contributed by atoms with van der Waals surface area (Å²) in [5.41, 5.74) is 10.7. The molecule has 0 aliphatic carbocycles. The highest BCUT2D eigenvalue weighted by molar-refractivity contribution is 6.33. The van der Waals surface area contributed by atoms with Crippen molar-refractivity contribution < 1.29 is 19.1 Å². The number of nitrogens with two attached hydrogens (primary N) is 1. The molecule has 3 aromatic rings. The van der Waals surface area contributed by atoms with Crippen molar-refractivity contribution in [2.24, 2.45) is 17.6 Å². The number of hydrogen-bond acceptors (Lipinski definition) is 6. The Hall–Kier alpha value is -3.58. The van der Waals surface area contributed by atoms with Crippen LogP contribution in [0, 0.1) is 25.7 Å². The Balaban J connectivity index is 1.76. The Bertz CT molecular complexity index is 1340. The number of rotatable bonds is 11. The number of halogens is 1. The van der Waals surface area contributed by atoms with Crippen molar-refractivity contribution in [2.45, 2.75) is 53.9 Å². The van der Waals surface area contributed by atoms with Gasteiger partial charge in [0.15, 0.2) is 0 Å². The second kappa shape index (κ2) is 12.8. The van der Waals surface area contributed by atoms with Gasteiger partial charge in [0.25, 0.3) is 5.91 Å². The first kappa shape index (κ1) is 29.0. The van der Waals surface area contributed by atoms with Crippen LogP contribution < -0.4 is 5.73 Å². The second-order valence-electron chi connectivity index (χ2n) is 9.85. The molecule has 0 unspecified atom stereocenters. The Kier molecular flexibility index (Phi) is 9.75. The molecule has 2 N–H and O–H groups in total. The van der Waals surface area contributed by atoms with Crippen LogP contribution in [0.25, 0.3) is 22.4 Å². The summed E-state index contributed by atoms with van der Waals surface area (Å²) in [6, 6.07) is 13.2. The number of aromatic nitrogens is 2. The summed E-state index contributed by atoms with van der Waals surface area (Å²) in [5, 5.41) is 0.523. The lowest BCUT2D eigenvalue weighted by Gasteiger charge is -2.17. The van der Waals surface area contributed by atoms with Crippen molar-refractivity contribution >= 4 is 29.3 Å². The maximum Gasteiger partial charge on any atom is 0.309 e. The molecule has 200 valence electrons. The van der Waals surface area contributed by atoms with Gasteiger partial charge in [0.1, 0.15) is 11.5 Å². The van der Waals surface area contributed by atoms with E-state index in [-0.39, 0.29) is 36.2 Å². The molecule has 2 aromatic carbocycles. The highest BCUT2D eigenvalue weighted by Crippen LogP contribution is 2.31. The van der Waals surface area contributed by atoms with E-state index in [2.05, 4.69) is 9.97 Å². The topological polar surface area (TPSA) is 112 Å². The van der Waals surface area contributed by atoms with Gasteiger partial charge in [0.05, 0.1) is 29.6 Å². The molecule has 0 saturated heterocycles. The van der Waals surface area contributed by atoms with Gasteiger partial charge in [-0.2, -0.15) is 0 Å². The summed E-state index contributed by atoms with van der Waals surface area (Å²) < 4.78 is 5.16. The smallest absolute Gasteiger partial charge is 0.309 e. The molecule has 3 rings (SSSR count). The third-order valence-electron chi connectivity index (χ3n) is 6.23. The van der Waals surface area contributed by atoms with Crippen molar-refractivity contribution in [2.75, 3.05) is 6.61 Å². The van der Waals surface area contributed by atoms with E-state index in [1.165, 1.54) is 0 Å². The van der Waals surface area contributed by atoms with Crippen LogP contribution in [0.3, 0.4) is 0 Å². The average molecular weight is 536 g/mol. The van der Waals surface area contributed by atoms with E-state index in [1.54, 1.807) is 19.9 Å². The molecule has 8 heteroatoms. The number of nitrogens with zero attached hydrogens (tertiary/aromatic N) is 2. The number of primary amides is 1. The molecule has 0 aliphatic rings. The molecule has 0 saturated carbocycles. The molecule has 1 amide bonds. The van der Waals surface area contributed by atoms with Crippen molar-refractivity contribution in [3.05, 3.63) is 70.1 Å². The number of hydrogen-bond donors (Lipinski definition) is 1. The fourth-order valence-corrected chi connectivity index (χ4v) is 4.83. The summed E-state index contributed by atoms with van der Waals surface area (Å²) in [7, 11) is 0. The minimum atomic E-state index is -0.616. The maximum atomic E-state index is 12.8. The lowest BCUT2D eigenvalue weighted by molar-refractivity contribution is -0.150. The third kappa shape index (κ3) is 7.25. The number of carbonyl (C=O) groups excluding carboxylic acids is 3. The maximum absolute atomic E-state index is 12.8. The molecule has 7 nitrogen and oxygen atoms in total. The van der Waals surface area contributed by atoms with E-state index >= 15 is 0 Å². The van der Waals surface area contributed by atoms with Gasteiger partial charge in [0, 0.05) is 29.0 Å². The molecule has 0 radical (unpaired) electrons. The van der Waals surface area contributed by atoms with Gasteiger partial charge in [-0.05, 0) is 50.3 Å². The molecular weight excluding hydrogens is 502 g/mol. The van der Waals surface area contributed by atoms with E-state index in [1.807, 2.05) is 57.2 Å². The zero-order chi connectivity index (χ0) is 28.0. The number of ether oxygens (including phenoxy) is 1. The zero-order valence-corrected chi connectivity index (χ0v) is 23.3. The number of carbonyl (C=O) groups is 3. The van der Waals surface area contributed by atoms with Crippen LogP contribution >= 0.6 is 11.6 Å². The predicted molar refractivity (Wildman–Crippen MR) is 149 cm³/mol. The van der Waals surface area contributed by atoms with Crippen LogP contribution in [-0.2, 0) is 20.7 Å². The molecule has 0 spiro atoms. The number of esters is 1. The SMILES string of the molecule is CCOC(=O)[C@@H](CC(=O)Cc1ccc(-c2ccc(-c3nc(C(N)=O)c(C)nc3C)cc2)c(Cl)c1)CC(C)C. The third-order valence-corrected chi connectivity index (χ3v) is 6.54. The first-order chi connectivity index (χ1) is 18.0. The van der Waals surface area contributed by atoms with Gasteiger partial charge >= 0.3 is 5.97 Å². The monoisotopic (exact) mass is 535 g/mol. The summed E-state index contributed by atoms with van der Waals surface area (Å²) in [5.74, 6) is -1.11. The second-order valence-corrected chi connectivity index (χ2v) is 10.3. The number of Topliss-reactive ketones (excluding diaryl/α,β-unsaturated/α-hetero) is 1. The minimum Gasteiger partial charge on any atom is -0.466 e. The Labute approximate surface area is 228 Å². The molecule has 0 aliphatic heterocycles. The van der Waals surface area contributed by atoms with E-state index in [0.717, 1.165) is 22.3 Å². The molecular formula is C30H34ClN3O4. The summed E-state index contributed by atoms with van der Waals surface area (Å²) in [4.78, 5) is 45.6. The molecule has 0 bridgehead atoms. The Morgan fingerprint density at radius 2 is 1.63 bits per heavy atom. The van der Waals surface area contributed by atoms with Gasteiger partial charge in [-0.25, -0.2) is 4.98 Å². The lowest BCUT2D eigenvalue weighted by Crippen LogP contribution is -2.23. The van der Waals surface area contributed by atoms with Gasteiger partial charge in [-0.3, -0.25) is 19.4 Å². The standard InChI is InChI=1S/C30H34ClN3O4/c1-6-38-30(37)23(13-17(2)3)16-24(35)14-20-7-12-25(26(31)15-20)21-8-10-22(11-9-21)27-18(4)33-19(5)28(34-27)29(32)36/h7-12,15,17,23H,6,13-14,16H2,1-5H3,(H2,32,36)/t23-/m1/s1. The molecule has 38 heavy (non-hydrogen) atoms. The first-order valence-electron chi connectivity index (χ1n) is 12.7.